The van der Waals surface area contributed by atoms with Crippen LogP contribution in [-0.2, 0) is 33.9 Å². The lowest BCUT2D eigenvalue weighted by Crippen LogP contribution is -2.42. The van der Waals surface area contributed by atoms with Crippen molar-refractivity contribution in [2.24, 2.45) is 0 Å². The minimum absolute atomic E-state index is 0.0102. The molecule has 9 heteroatoms. The number of carbonyl (C=O) groups excluding carboxylic acids is 1. The van der Waals surface area contributed by atoms with Crippen molar-refractivity contribution >= 4 is 37.7 Å². The van der Waals surface area contributed by atoms with Gasteiger partial charge in [0.1, 0.15) is 16.9 Å². The topological polar surface area (TPSA) is 127 Å². The summed E-state index contributed by atoms with van der Waals surface area (Å²) in [5.41, 5.74) is 3.10. The first-order valence-corrected chi connectivity index (χ1v) is 12.7. The predicted molar refractivity (Wildman–Crippen MR) is 119 cm³/mol. The van der Waals surface area contributed by atoms with Crippen LogP contribution < -0.4 is 10.9 Å². The van der Waals surface area contributed by atoms with E-state index in [1.165, 1.54) is 5.56 Å². The summed E-state index contributed by atoms with van der Waals surface area (Å²) in [5, 5.41) is 14.3. The van der Waals surface area contributed by atoms with Gasteiger partial charge in [0, 0.05) is 40.8 Å². The van der Waals surface area contributed by atoms with Crippen molar-refractivity contribution in [1.29, 1.82) is 0 Å². The molecule has 2 aliphatic rings. The molecule has 1 aliphatic carbocycles. The van der Waals surface area contributed by atoms with E-state index in [4.69, 9.17) is 8.83 Å². The van der Waals surface area contributed by atoms with E-state index in [9.17, 15) is 23.1 Å². The number of hydrogen-bond acceptors (Lipinski definition) is 7. The molecule has 1 fully saturated rings. The Labute approximate surface area is 184 Å². The minimum atomic E-state index is -3.35. The second kappa shape index (κ2) is 7.74. The van der Waals surface area contributed by atoms with Gasteiger partial charge in [0.2, 0.25) is 5.91 Å². The fraction of sp³-hybridized carbons (Fsp3) is 0.478. The Morgan fingerprint density at radius 1 is 1.12 bits per heavy atom. The van der Waals surface area contributed by atoms with E-state index < -0.39 is 33.5 Å². The summed E-state index contributed by atoms with van der Waals surface area (Å²) in [6.45, 7) is 1.85. The van der Waals surface area contributed by atoms with Gasteiger partial charge >= 0.3 is 5.63 Å². The van der Waals surface area contributed by atoms with Crippen LogP contribution in [0, 0.1) is 6.92 Å². The van der Waals surface area contributed by atoms with Crippen LogP contribution in [0.3, 0.4) is 0 Å². The van der Waals surface area contributed by atoms with Gasteiger partial charge in [-0.05, 0) is 44.2 Å². The second-order valence-corrected chi connectivity index (χ2v) is 11.0. The third kappa shape index (κ3) is 3.73. The summed E-state index contributed by atoms with van der Waals surface area (Å²) in [6, 6.07) is 2.97. The van der Waals surface area contributed by atoms with E-state index in [2.05, 4.69) is 5.32 Å². The first kappa shape index (κ1) is 21.2. The van der Waals surface area contributed by atoms with Gasteiger partial charge in [0.05, 0.1) is 23.7 Å². The molecule has 0 radical (unpaired) electrons. The van der Waals surface area contributed by atoms with Crippen LogP contribution in [-0.4, -0.2) is 43.1 Å². The Balaban J connectivity index is 1.41. The number of hydrogen-bond donors (Lipinski definition) is 2. The maximum absolute atomic E-state index is 12.6. The van der Waals surface area contributed by atoms with Crippen molar-refractivity contribution < 1.29 is 27.2 Å². The molecule has 2 atom stereocenters. The quantitative estimate of drug-likeness (QED) is 0.571. The average molecular weight is 460 g/mol. The fourth-order valence-corrected chi connectivity index (χ4v) is 6.66. The Morgan fingerprint density at radius 2 is 1.88 bits per heavy atom. The third-order valence-corrected chi connectivity index (χ3v) is 8.35. The van der Waals surface area contributed by atoms with E-state index in [0.29, 0.717) is 11.1 Å². The molecule has 32 heavy (non-hydrogen) atoms. The first-order valence-electron chi connectivity index (χ1n) is 10.9. The molecule has 0 unspecified atom stereocenters. The second-order valence-electron chi connectivity index (χ2n) is 8.87. The molecule has 2 N–H and O–H groups in total. The lowest BCUT2D eigenvalue weighted by molar-refractivity contribution is -0.122. The van der Waals surface area contributed by atoms with E-state index >= 15 is 0 Å². The molecule has 3 heterocycles. The highest BCUT2D eigenvalue weighted by molar-refractivity contribution is 7.91. The molecule has 170 valence electrons. The molecule has 0 spiro atoms. The van der Waals surface area contributed by atoms with Gasteiger partial charge < -0.3 is 19.3 Å². The number of amides is 1. The van der Waals surface area contributed by atoms with Crippen LogP contribution in [0.1, 0.15) is 41.7 Å². The van der Waals surface area contributed by atoms with Crippen molar-refractivity contribution in [2.45, 2.75) is 57.6 Å². The summed E-state index contributed by atoms with van der Waals surface area (Å²) >= 11 is 0. The molecule has 0 bridgehead atoms. The first-order chi connectivity index (χ1) is 15.2. The number of benzene rings is 1. The third-order valence-electron chi connectivity index (χ3n) is 6.63. The minimum Gasteiger partial charge on any atom is -0.461 e. The van der Waals surface area contributed by atoms with Gasteiger partial charge in [-0.15, -0.1) is 0 Å². The van der Waals surface area contributed by atoms with Crippen LogP contribution in [0.25, 0.3) is 21.9 Å². The van der Waals surface area contributed by atoms with Crippen LogP contribution in [0.15, 0.2) is 25.8 Å². The van der Waals surface area contributed by atoms with Gasteiger partial charge in [0.15, 0.2) is 9.84 Å². The number of aliphatic hydroxyl groups excluding tert-OH is 1. The lowest BCUT2D eigenvalue weighted by atomic mass is 9.94. The smallest absolute Gasteiger partial charge is 0.339 e. The van der Waals surface area contributed by atoms with E-state index in [0.717, 1.165) is 53.4 Å². The number of sulfone groups is 1. The normalized spacial score (nSPS) is 22.3. The summed E-state index contributed by atoms with van der Waals surface area (Å²) in [7, 11) is -3.35. The molecule has 5 rings (SSSR count). The molecule has 0 saturated carbocycles. The highest BCUT2D eigenvalue weighted by Gasteiger charge is 2.37. The predicted octanol–water partition coefficient (Wildman–Crippen LogP) is 1.93. The molecule has 1 aliphatic heterocycles. The highest BCUT2D eigenvalue weighted by Crippen LogP contribution is 2.35. The van der Waals surface area contributed by atoms with E-state index in [1.54, 1.807) is 6.07 Å². The number of aryl methyl sites for hydroxylation is 3. The van der Waals surface area contributed by atoms with Gasteiger partial charge in [-0.3, -0.25) is 4.79 Å². The van der Waals surface area contributed by atoms with Crippen LogP contribution in [0.5, 0.6) is 0 Å². The summed E-state index contributed by atoms with van der Waals surface area (Å²) in [4.78, 5) is 25.0. The van der Waals surface area contributed by atoms with Crippen molar-refractivity contribution in [3.63, 3.8) is 0 Å². The summed E-state index contributed by atoms with van der Waals surface area (Å²) in [6.07, 6.45) is 3.16. The number of aliphatic hydroxyl groups is 1. The van der Waals surface area contributed by atoms with Gasteiger partial charge in [-0.1, -0.05) is 0 Å². The average Bonchev–Trinajstić information content (AvgIpc) is 3.21. The summed E-state index contributed by atoms with van der Waals surface area (Å²) < 4.78 is 34.8. The van der Waals surface area contributed by atoms with Crippen molar-refractivity contribution in [3.05, 3.63) is 45.0 Å². The van der Waals surface area contributed by atoms with Crippen molar-refractivity contribution in [2.75, 3.05) is 11.5 Å². The molecular formula is C23H25NO7S. The molecule has 1 aromatic carbocycles. The zero-order chi connectivity index (χ0) is 22.6. The molecule has 1 saturated heterocycles. The Morgan fingerprint density at radius 3 is 2.62 bits per heavy atom. The monoisotopic (exact) mass is 459 g/mol. The molecule has 3 aromatic rings. The zero-order valence-corrected chi connectivity index (χ0v) is 18.6. The fourth-order valence-electron chi connectivity index (χ4n) is 4.92. The number of nitrogens with one attached hydrogen (secondary N) is 1. The number of furan rings is 1. The van der Waals surface area contributed by atoms with Crippen LogP contribution >= 0.6 is 0 Å². The maximum Gasteiger partial charge on any atom is 0.339 e. The van der Waals surface area contributed by atoms with Gasteiger partial charge in [0.25, 0.3) is 0 Å². The number of fused-ring (bicyclic) bond motifs is 4. The largest absolute Gasteiger partial charge is 0.461 e. The SMILES string of the molecule is Cc1c(CCC(=O)N[C@H]2CS(=O)(=O)C[C@H]2O)c(=O)oc2cc3oc4c(c3cc12)CCCC4. The molecule has 2 aromatic heterocycles. The summed E-state index contributed by atoms with van der Waals surface area (Å²) in [5.74, 6) is -0.0292. The van der Waals surface area contributed by atoms with Crippen LogP contribution in [0.2, 0.25) is 0 Å². The Bertz CT molecular complexity index is 1400. The van der Waals surface area contributed by atoms with Gasteiger partial charge in [-0.25, -0.2) is 13.2 Å². The number of rotatable bonds is 4. The molecule has 8 nitrogen and oxygen atoms in total. The molecule has 1 amide bonds. The van der Waals surface area contributed by atoms with Crippen molar-refractivity contribution in [1.82, 2.24) is 5.32 Å². The maximum atomic E-state index is 12.6. The van der Waals surface area contributed by atoms with Crippen molar-refractivity contribution in [3.8, 4) is 0 Å². The van der Waals surface area contributed by atoms with Crippen LogP contribution in [0.4, 0.5) is 0 Å². The Kier molecular flexibility index (Phi) is 5.13. The van der Waals surface area contributed by atoms with E-state index in [-0.39, 0.29) is 24.3 Å². The number of carbonyl (C=O) groups is 1. The molecular weight excluding hydrogens is 434 g/mol. The highest BCUT2D eigenvalue weighted by atomic mass is 32.2. The van der Waals surface area contributed by atoms with E-state index in [1.807, 2.05) is 13.0 Å². The zero-order valence-electron chi connectivity index (χ0n) is 17.8. The standard InChI is InChI=1S/C23H25NO7S/c1-12-13(6-7-22(26)24-17-10-32(28,29)11-18(17)25)23(27)31-20-9-21-16(8-15(12)20)14-4-2-3-5-19(14)30-21/h8-9,17-18,25H,2-7,10-11H2,1H3,(H,24,26)/t17-,18+/m0/s1. The Hall–Kier alpha value is -2.65. The van der Waals surface area contributed by atoms with Gasteiger partial charge in [-0.2, -0.15) is 0 Å². The lowest BCUT2D eigenvalue weighted by Gasteiger charge is -2.15.